The van der Waals surface area contributed by atoms with Crippen molar-refractivity contribution < 1.29 is 13.2 Å². The van der Waals surface area contributed by atoms with E-state index in [9.17, 15) is 13.2 Å². The van der Waals surface area contributed by atoms with Crippen molar-refractivity contribution in [2.24, 2.45) is 0 Å². The van der Waals surface area contributed by atoms with Crippen LogP contribution in [0, 0.1) is 11.6 Å². The first-order valence-corrected chi connectivity index (χ1v) is 6.37. The molecule has 1 aromatic carbocycles. The first-order valence-electron chi connectivity index (χ1n) is 6.37. The Bertz CT molecular complexity index is 412. The second-order valence-electron chi connectivity index (χ2n) is 5.17. The van der Waals surface area contributed by atoms with Gasteiger partial charge in [-0.05, 0) is 44.5 Å². The van der Waals surface area contributed by atoms with E-state index in [1.54, 1.807) is 0 Å². The number of rotatable bonds is 3. The molecule has 1 N–H and O–H groups in total. The standard InChI is InChI=1S/C14H18F3N/c1-14(17,9-11-4-2-3-7-18-11)12-8-10(15)5-6-13(12)16/h5-6,8,11,18H,2-4,7,9H2,1H3. The molecule has 2 unspecified atom stereocenters. The van der Waals surface area contributed by atoms with Crippen LogP contribution in [0.4, 0.5) is 13.2 Å². The summed E-state index contributed by atoms with van der Waals surface area (Å²) >= 11 is 0. The molecule has 2 rings (SSSR count). The van der Waals surface area contributed by atoms with Crippen molar-refractivity contribution in [1.82, 2.24) is 5.32 Å². The monoisotopic (exact) mass is 257 g/mol. The van der Waals surface area contributed by atoms with Gasteiger partial charge in [0.25, 0.3) is 0 Å². The second kappa shape index (κ2) is 5.31. The molecule has 1 heterocycles. The summed E-state index contributed by atoms with van der Waals surface area (Å²) < 4.78 is 41.3. The van der Waals surface area contributed by atoms with Gasteiger partial charge in [0.2, 0.25) is 0 Å². The first-order chi connectivity index (χ1) is 8.49. The Balaban J connectivity index is 2.15. The third-order valence-corrected chi connectivity index (χ3v) is 3.53. The highest BCUT2D eigenvalue weighted by molar-refractivity contribution is 5.25. The van der Waals surface area contributed by atoms with Crippen molar-refractivity contribution in [3.8, 4) is 0 Å². The molecule has 0 aromatic heterocycles. The smallest absolute Gasteiger partial charge is 0.137 e. The van der Waals surface area contributed by atoms with E-state index in [0.29, 0.717) is 0 Å². The Morgan fingerprint density at radius 1 is 1.33 bits per heavy atom. The van der Waals surface area contributed by atoms with Gasteiger partial charge < -0.3 is 5.32 Å². The Morgan fingerprint density at radius 3 is 2.78 bits per heavy atom. The number of halogens is 3. The third-order valence-electron chi connectivity index (χ3n) is 3.53. The fourth-order valence-corrected chi connectivity index (χ4v) is 2.57. The van der Waals surface area contributed by atoms with Crippen LogP contribution in [0.3, 0.4) is 0 Å². The van der Waals surface area contributed by atoms with Crippen LogP contribution in [0.25, 0.3) is 0 Å². The number of hydrogen-bond acceptors (Lipinski definition) is 1. The van der Waals surface area contributed by atoms with Crippen LogP contribution in [-0.4, -0.2) is 12.6 Å². The summed E-state index contributed by atoms with van der Waals surface area (Å²) in [5, 5.41) is 3.22. The molecule has 100 valence electrons. The van der Waals surface area contributed by atoms with E-state index in [4.69, 9.17) is 0 Å². The summed E-state index contributed by atoms with van der Waals surface area (Å²) in [5.41, 5.74) is -2.03. The van der Waals surface area contributed by atoms with Gasteiger partial charge in [-0.1, -0.05) is 6.42 Å². The average molecular weight is 257 g/mol. The van der Waals surface area contributed by atoms with Crippen molar-refractivity contribution in [3.05, 3.63) is 35.4 Å². The highest BCUT2D eigenvalue weighted by atomic mass is 19.2. The maximum absolute atomic E-state index is 14.6. The molecular weight excluding hydrogens is 239 g/mol. The summed E-state index contributed by atoms with van der Waals surface area (Å²) in [6.45, 7) is 2.19. The quantitative estimate of drug-likeness (QED) is 0.871. The molecule has 1 aromatic rings. The zero-order valence-corrected chi connectivity index (χ0v) is 10.5. The van der Waals surface area contributed by atoms with Gasteiger partial charge in [-0.25, -0.2) is 13.2 Å². The van der Waals surface area contributed by atoms with E-state index in [2.05, 4.69) is 5.32 Å². The minimum atomic E-state index is -1.85. The minimum absolute atomic E-state index is 0.0383. The summed E-state index contributed by atoms with van der Waals surface area (Å²) in [4.78, 5) is 0. The van der Waals surface area contributed by atoms with E-state index >= 15 is 0 Å². The maximum Gasteiger partial charge on any atom is 0.137 e. The highest BCUT2D eigenvalue weighted by Gasteiger charge is 2.33. The van der Waals surface area contributed by atoms with Crippen molar-refractivity contribution in [3.63, 3.8) is 0 Å². The summed E-state index contributed by atoms with van der Waals surface area (Å²) in [6, 6.07) is 2.99. The summed E-state index contributed by atoms with van der Waals surface area (Å²) in [5.74, 6) is -1.29. The van der Waals surface area contributed by atoms with E-state index in [-0.39, 0.29) is 18.0 Å². The maximum atomic E-state index is 14.6. The molecule has 0 radical (unpaired) electrons. The van der Waals surface area contributed by atoms with Gasteiger partial charge in [0.1, 0.15) is 17.3 Å². The summed E-state index contributed by atoms with van der Waals surface area (Å²) in [7, 11) is 0. The molecule has 1 nitrogen and oxygen atoms in total. The van der Waals surface area contributed by atoms with Crippen LogP contribution in [-0.2, 0) is 5.67 Å². The van der Waals surface area contributed by atoms with Crippen LogP contribution in [0.1, 0.15) is 38.2 Å². The van der Waals surface area contributed by atoms with Crippen LogP contribution in [0.15, 0.2) is 18.2 Å². The van der Waals surface area contributed by atoms with Crippen LogP contribution >= 0.6 is 0 Å². The lowest BCUT2D eigenvalue weighted by atomic mass is 9.87. The van der Waals surface area contributed by atoms with Gasteiger partial charge in [-0.3, -0.25) is 0 Å². The largest absolute Gasteiger partial charge is 0.314 e. The predicted molar refractivity (Wildman–Crippen MR) is 65.1 cm³/mol. The number of benzene rings is 1. The van der Waals surface area contributed by atoms with Gasteiger partial charge >= 0.3 is 0 Å². The Kier molecular flexibility index (Phi) is 3.95. The van der Waals surface area contributed by atoms with E-state index in [1.165, 1.54) is 6.92 Å². The molecule has 0 saturated carbocycles. The molecule has 0 amide bonds. The van der Waals surface area contributed by atoms with Gasteiger partial charge in [-0.2, -0.15) is 0 Å². The highest BCUT2D eigenvalue weighted by Crippen LogP contribution is 2.34. The molecule has 18 heavy (non-hydrogen) atoms. The molecule has 2 atom stereocenters. The lowest BCUT2D eigenvalue weighted by Gasteiger charge is -2.30. The molecule has 0 bridgehead atoms. The number of piperidine rings is 1. The molecular formula is C14H18F3N. The second-order valence-corrected chi connectivity index (χ2v) is 5.17. The topological polar surface area (TPSA) is 12.0 Å². The number of nitrogens with one attached hydrogen (secondary N) is 1. The van der Waals surface area contributed by atoms with E-state index in [0.717, 1.165) is 44.0 Å². The Morgan fingerprint density at radius 2 is 2.11 bits per heavy atom. The molecule has 0 spiro atoms. The lowest BCUT2D eigenvalue weighted by molar-refractivity contribution is 0.140. The zero-order chi connectivity index (χ0) is 13.2. The zero-order valence-electron chi connectivity index (χ0n) is 10.5. The fourth-order valence-electron chi connectivity index (χ4n) is 2.57. The van der Waals surface area contributed by atoms with Crippen LogP contribution < -0.4 is 5.32 Å². The minimum Gasteiger partial charge on any atom is -0.314 e. The van der Waals surface area contributed by atoms with E-state index in [1.807, 2.05) is 0 Å². The lowest BCUT2D eigenvalue weighted by Crippen LogP contribution is -2.38. The van der Waals surface area contributed by atoms with Crippen molar-refractivity contribution >= 4 is 0 Å². The molecule has 1 aliphatic heterocycles. The third kappa shape index (κ3) is 3.05. The van der Waals surface area contributed by atoms with Crippen LogP contribution in [0.2, 0.25) is 0 Å². The first kappa shape index (κ1) is 13.4. The Hall–Kier alpha value is -1.03. The molecule has 1 aliphatic rings. The fraction of sp³-hybridized carbons (Fsp3) is 0.571. The van der Waals surface area contributed by atoms with Gasteiger partial charge in [-0.15, -0.1) is 0 Å². The predicted octanol–water partition coefficient (Wildman–Crippen LogP) is 3.68. The molecule has 4 heteroatoms. The normalized spacial score (nSPS) is 23.7. The van der Waals surface area contributed by atoms with E-state index < -0.39 is 17.3 Å². The van der Waals surface area contributed by atoms with Crippen LogP contribution in [0.5, 0.6) is 0 Å². The van der Waals surface area contributed by atoms with Gasteiger partial charge in [0.05, 0.1) is 0 Å². The van der Waals surface area contributed by atoms with Crippen molar-refractivity contribution in [1.29, 1.82) is 0 Å². The van der Waals surface area contributed by atoms with Crippen molar-refractivity contribution in [2.45, 2.75) is 44.3 Å². The number of alkyl halides is 1. The van der Waals surface area contributed by atoms with Gasteiger partial charge in [0.15, 0.2) is 0 Å². The number of hydrogen-bond donors (Lipinski definition) is 1. The van der Waals surface area contributed by atoms with Crippen molar-refractivity contribution in [2.75, 3.05) is 6.54 Å². The SMILES string of the molecule is CC(F)(CC1CCCCN1)c1cc(F)ccc1F. The molecule has 0 aliphatic carbocycles. The molecule has 1 saturated heterocycles. The average Bonchev–Trinajstić information content (AvgIpc) is 2.33. The Labute approximate surface area is 105 Å². The van der Waals surface area contributed by atoms with Gasteiger partial charge in [0, 0.05) is 18.0 Å². The summed E-state index contributed by atoms with van der Waals surface area (Å²) in [6.07, 6.45) is 3.21. The molecule has 1 fully saturated rings.